The number of rotatable bonds is 8. The Morgan fingerprint density at radius 1 is 1.00 bits per heavy atom. The molecule has 2 atom stereocenters. The van der Waals surface area contributed by atoms with Gasteiger partial charge in [-0.3, -0.25) is 24.0 Å². The zero-order valence-corrected chi connectivity index (χ0v) is 19.4. The van der Waals surface area contributed by atoms with Gasteiger partial charge in [0.15, 0.2) is 0 Å². The van der Waals surface area contributed by atoms with Crippen molar-refractivity contribution in [2.75, 3.05) is 23.7 Å². The van der Waals surface area contributed by atoms with Crippen molar-refractivity contribution >= 4 is 39.1 Å². The highest BCUT2D eigenvalue weighted by atomic mass is 32.2. The van der Waals surface area contributed by atoms with Gasteiger partial charge in [-0.1, -0.05) is 18.2 Å². The number of anilines is 2. The fourth-order valence-corrected chi connectivity index (χ4v) is 5.24. The van der Waals surface area contributed by atoms with E-state index in [1.807, 2.05) is 12.2 Å². The molecule has 4 rings (SSSR count). The maximum atomic E-state index is 12.7. The molecule has 2 aromatic carbocycles. The standard InChI is InChI=1S/C24H25N3O6S/c1-33-18-11-9-16(10-12-18)26-34(31,32)19-6-4-5-17(15-19)25-22(28)13-14-27-23(29)20-7-2-3-8-21(20)24(27)30/h2-6,9-12,15,20-21,26H,7-8,13-14H2,1H3,(H,25,28)/t20-,21-/m0/s1. The number of sulfonamides is 1. The van der Waals surface area contributed by atoms with Crippen LogP contribution in [0.4, 0.5) is 11.4 Å². The number of hydrogen-bond acceptors (Lipinski definition) is 6. The third-order valence-corrected chi connectivity index (χ3v) is 7.31. The molecule has 2 aromatic rings. The van der Waals surface area contributed by atoms with E-state index in [9.17, 15) is 22.8 Å². The van der Waals surface area contributed by atoms with Gasteiger partial charge in [0.1, 0.15) is 5.75 Å². The molecule has 0 spiro atoms. The van der Waals surface area contributed by atoms with Crippen molar-refractivity contribution in [3.05, 3.63) is 60.7 Å². The summed E-state index contributed by atoms with van der Waals surface area (Å²) in [5, 5.41) is 2.64. The maximum Gasteiger partial charge on any atom is 0.261 e. The molecule has 9 nitrogen and oxygen atoms in total. The normalized spacial score (nSPS) is 19.6. The van der Waals surface area contributed by atoms with Gasteiger partial charge in [-0.05, 0) is 55.3 Å². The molecule has 0 radical (unpaired) electrons. The predicted molar refractivity (Wildman–Crippen MR) is 126 cm³/mol. The lowest BCUT2D eigenvalue weighted by Crippen LogP contribution is -2.34. The van der Waals surface area contributed by atoms with Crippen LogP contribution in [0, 0.1) is 11.8 Å². The van der Waals surface area contributed by atoms with Gasteiger partial charge in [0, 0.05) is 24.3 Å². The molecule has 1 fully saturated rings. The molecule has 0 saturated carbocycles. The number of methoxy groups -OCH3 is 1. The lowest BCUT2D eigenvalue weighted by molar-refractivity contribution is -0.140. The van der Waals surface area contributed by atoms with Gasteiger partial charge < -0.3 is 10.1 Å². The Hall–Kier alpha value is -3.66. The SMILES string of the molecule is COc1ccc(NS(=O)(=O)c2cccc(NC(=O)CCN3C(=O)[C@H]4CC=CC[C@@H]4C3=O)c2)cc1. The van der Waals surface area contributed by atoms with E-state index < -0.39 is 15.9 Å². The molecule has 10 heteroatoms. The van der Waals surface area contributed by atoms with Crippen LogP contribution in [0.5, 0.6) is 5.75 Å². The summed E-state index contributed by atoms with van der Waals surface area (Å²) in [7, 11) is -2.37. The van der Waals surface area contributed by atoms with E-state index in [4.69, 9.17) is 4.74 Å². The first-order valence-electron chi connectivity index (χ1n) is 10.9. The summed E-state index contributed by atoms with van der Waals surface area (Å²) < 4.78 is 33.0. The highest BCUT2D eigenvalue weighted by Gasteiger charge is 2.46. The lowest BCUT2D eigenvalue weighted by Gasteiger charge is -2.15. The molecule has 0 bridgehead atoms. The second kappa shape index (κ2) is 9.68. The van der Waals surface area contributed by atoms with E-state index >= 15 is 0 Å². The molecule has 2 aliphatic rings. The van der Waals surface area contributed by atoms with Crippen molar-refractivity contribution in [1.29, 1.82) is 0 Å². The number of amides is 3. The molecule has 1 heterocycles. The van der Waals surface area contributed by atoms with Crippen molar-refractivity contribution in [2.45, 2.75) is 24.2 Å². The van der Waals surface area contributed by atoms with Crippen LogP contribution in [-0.4, -0.2) is 44.7 Å². The van der Waals surface area contributed by atoms with Crippen LogP contribution in [0.2, 0.25) is 0 Å². The smallest absolute Gasteiger partial charge is 0.261 e. The summed E-state index contributed by atoms with van der Waals surface area (Å²) in [4.78, 5) is 38.6. The predicted octanol–water partition coefficient (Wildman–Crippen LogP) is 2.78. The summed E-state index contributed by atoms with van der Waals surface area (Å²) in [6, 6.07) is 12.3. The lowest BCUT2D eigenvalue weighted by atomic mass is 9.85. The Morgan fingerprint density at radius 2 is 1.65 bits per heavy atom. The van der Waals surface area contributed by atoms with Gasteiger partial charge in [-0.15, -0.1) is 0 Å². The van der Waals surface area contributed by atoms with E-state index in [1.165, 1.54) is 30.2 Å². The second-order valence-corrected chi connectivity index (χ2v) is 9.83. The summed E-state index contributed by atoms with van der Waals surface area (Å²) in [6.07, 6.45) is 4.83. The van der Waals surface area contributed by atoms with E-state index in [-0.39, 0.29) is 41.5 Å². The molecular weight excluding hydrogens is 458 g/mol. The van der Waals surface area contributed by atoms with E-state index in [0.717, 1.165) is 0 Å². The average molecular weight is 484 g/mol. The van der Waals surface area contributed by atoms with Gasteiger partial charge >= 0.3 is 0 Å². The quantitative estimate of drug-likeness (QED) is 0.440. The number of likely N-dealkylation sites (tertiary alicyclic amines) is 1. The molecule has 34 heavy (non-hydrogen) atoms. The van der Waals surface area contributed by atoms with Gasteiger partial charge in [-0.2, -0.15) is 0 Å². The number of fused-ring (bicyclic) bond motifs is 1. The highest BCUT2D eigenvalue weighted by Crippen LogP contribution is 2.35. The van der Waals surface area contributed by atoms with Crippen molar-refractivity contribution in [1.82, 2.24) is 4.90 Å². The van der Waals surface area contributed by atoms with Gasteiger partial charge in [0.05, 0.1) is 23.8 Å². The average Bonchev–Trinajstić information content (AvgIpc) is 3.08. The fourth-order valence-electron chi connectivity index (χ4n) is 4.14. The Labute approximate surface area is 197 Å². The minimum atomic E-state index is -3.89. The van der Waals surface area contributed by atoms with Crippen LogP contribution in [0.3, 0.4) is 0 Å². The Balaban J connectivity index is 1.36. The Bertz CT molecular complexity index is 1210. The number of carbonyl (C=O) groups excluding carboxylic acids is 3. The largest absolute Gasteiger partial charge is 0.497 e. The number of imide groups is 1. The molecule has 0 aromatic heterocycles. The molecule has 2 N–H and O–H groups in total. The number of carbonyl (C=O) groups is 3. The Morgan fingerprint density at radius 3 is 2.26 bits per heavy atom. The topological polar surface area (TPSA) is 122 Å². The third kappa shape index (κ3) is 4.96. The minimum Gasteiger partial charge on any atom is -0.497 e. The van der Waals surface area contributed by atoms with Crippen LogP contribution in [0.15, 0.2) is 65.6 Å². The van der Waals surface area contributed by atoms with Crippen LogP contribution < -0.4 is 14.8 Å². The van der Waals surface area contributed by atoms with Crippen molar-refractivity contribution in [2.24, 2.45) is 11.8 Å². The molecular formula is C24H25N3O6S. The van der Waals surface area contributed by atoms with Gasteiger partial charge in [-0.25, -0.2) is 8.42 Å². The van der Waals surface area contributed by atoms with Crippen LogP contribution in [0.25, 0.3) is 0 Å². The monoisotopic (exact) mass is 483 g/mol. The number of benzene rings is 2. The fraction of sp³-hybridized carbons (Fsp3) is 0.292. The van der Waals surface area contributed by atoms with Crippen LogP contribution >= 0.6 is 0 Å². The molecule has 1 saturated heterocycles. The summed E-state index contributed by atoms with van der Waals surface area (Å²) in [5.74, 6) is -0.956. The van der Waals surface area contributed by atoms with Crippen molar-refractivity contribution in [3.63, 3.8) is 0 Å². The van der Waals surface area contributed by atoms with Crippen LogP contribution in [-0.2, 0) is 24.4 Å². The van der Waals surface area contributed by atoms with Gasteiger partial charge in [0.2, 0.25) is 17.7 Å². The minimum absolute atomic E-state index is 0.00643. The van der Waals surface area contributed by atoms with Gasteiger partial charge in [0.25, 0.3) is 10.0 Å². The van der Waals surface area contributed by atoms with E-state index in [2.05, 4.69) is 10.0 Å². The molecule has 0 unspecified atom stereocenters. The summed E-state index contributed by atoms with van der Waals surface area (Å²) in [5.41, 5.74) is 0.658. The van der Waals surface area contributed by atoms with Crippen molar-refractivity contribution < 1.29 is 27.5 Å². The first-order valence-corrected chi connectivity index (χ1v) is 12.3. The number of ether oxygens (including phenoxy) is 1. The van der Waals surface area contributed by atoms with E-state index in [0.29, 0.717) is 30.0 Å². The third-order valence-electron chi connectivity index (χ3n) is 5.93. The first kappa shape index (κ1) is 23.5. The zero-order chi connectivity index (χ0) is 24.3. The zero-order valence-electron chi connectivity index (χ0n) is 18.6. The summed E-state index contributed by atoms with van der Waals surface area (Å²) in [6.45, 7) is -0.00643. The molecule has 3 amide bonds. The summed E-state index contributed by atoms with van der Waals surface area (Å²) >= 11 is 0. The molecule has 1 aliphatic carbocycles. The number of hydrogen-bond donors (Lipinski definition) is 2. The van der Waals surface area contributed by atoms with Crippen LogP contribution in [0.1, 0.15) is 19.3 Å². The Kier molecular flexibility index (Phi) is 6.69. The first-order chi connectivity index (χ1) is 16.3. The number of allylic oxidation sites excluding steroid dienone is 2. The second-order valence-electron chi connectivity index (χ2n) is 8.14. The van der Waals surface area contributed by atoms with E-state index in [1.54, 1.807) is 30.3 Å². The maximum absolute atomic E-state index is 12.7. The molecule has 1 aliphatic heterocycles. The highest BCUT2D eigenvalue weighted by molar-refractivity contribution is 7.92. The molecule has 178 valence electrons. The number of nitrogens with zero attached hydrogens (tertiary/aromatic N) is 1. The van der Waals surface area contributed by atoms with Crippen molar-refractivity contribution in [3.8, 4) is 5.75 Å². The number of nitrogens with one attached hydrogen (secondary N) is 2.